The lowest BCUT2D eigenvalue weighted by molar-refractivity contribution is -0.131. The zero-order valence-corrected chi connectivity index (χ0v) is 34.0. The highest BCUT2D eigenvalue weighted by molar-refractivity contribution is 6.13. The molecule has 1 unspecified atom stereocenters. The Bertz CT molecular complexity index is 2750. The van der Waals surface area contributed by atoms with Crippen molar-refractivity contribution in [3.8, 4) is 23.4 Å². The first-order valence-electron chi connectivity index (χ1n) is 19.9. The van der Waals surface area contributed by atoms with Crippen LogP contribution in [0.3, 0.4) is 0 Å². The van der Waals surface area contributed by atoms with Gasteiger partial charge < -0.3 is 18.9 Å². The van der Waals surface area contributed by atoms with Crippen molar-refractivity contribution < 1.29 is 14.4 Å². The van der Waals surface area contributed by atoms with Crippen molar-refractivity contribution in [2.75, 3.05) is 11.4 Å². The second-order valence-corrected chi connectivity index (χ2v) is 15.7. The number of nitriles is 2. The number of nitrogens with zero attached hydrogens (tertiary/aromatic N) is 7. The maximum absolute atomic E-state index is 15.0. The molecule has 0 saturated carbocycles. The van der Waals surface area contributed by atoms with Gasteiger partial charge in [0.05, 0.1) is 29.3 Å². The van der Waals surface area contributed by atoms with Crippen LogP contribution in [0.5, 0.6) is 0 Å². The third-order valence-electron chi connectivity index (χ3n) is 12.3. The summed E-state index contributed by atoms with van der Waals surface area (Å²) in [4.78, 5) is 49.1. The molecule has 294 valence electrons. The third-order valence-corrected chi connectivity index (χ3v) is 12.3. The maximum Gasteiger partial charge on any atom is 0.264 e. The molecule has 0 aliphatic carbocycles. The Morgan fingerprint density at radius 1 is 0.746 bits per heavy atom. The van der Waals surface area contributed by atoms with Crippen molar-refractivity contribution in [2.45, 2.75) is 59.2 Å². The van der Waals surface area contributed by atoms with Gasteiger partial charge in [0.25, 0.3) is 11.8 Å². The summed E-state index contributed by atoms with van der Waals surface area (Å²) >= 11 is 0. The number of carbonyl (C=O) groups excluding carboxylic acids is 3. The van der Waals surface area contributed by atoms with E-state index in [1.807, 2.05) is 109 Å². The van der Waals surface area contributed by atoms with Gasteiger partial charge in [-0.25, -0.2) is 0 Å². The van der Waals surface area contributed by atoms with Crippen molar-refractivity contribution in [3.05, 3.63) is 165 Å². The van der Waals surface area contributed by atoms with E-state index in [1.54, 1.807) is 27.7 Å². The zero-order chi connectivity index (χ0) is 41.5. The van der Waals surface area contributed by atoms with Gasteiger partial charge in [-0.15, -0.1) is 0 Å². The van der Waals surface area contributed by atoms with Crippen LogP contribution in [0.2, 0.25) is 0 Å². The quantitative estimate of drug-likeness (QED) is 0.162. The number of para-hydroxylation sites is 1. The Morgan fingerprint density at radius 3 is 2.19 bits per heavy atom. The third kappa shape index (κ3) is 6.97. The minimum atomic E-state index is -0.257. The molecule has 3 amide bonds. The van der Waals surface area contributed by atoms with Gasteiger partial charge in [-0.2, -0.15) is 10.5 Å². The summed E-state index contributed by atoms with van der Waals surface area (Å²) in [5.41, 5.74) is 11.1. The highest BCUT2D eigenvalue weighted by atomic mass is 16.2. The second-order valence-electron chi connectivity index (χ2n) is 15.7. The minimum absolute atomic E-state index is 0.0568. The average Bonchev–Trinajstić information content (AvgIpc) is 3.71. The Balaban J connectivity index is 1.22. The minimum Gasteiger partial charge on any atom is -0.347 e. The van der Waals surface area contributed by atoms with E-state index in [1.165, 1.54) is 5.56 Å². The number of rotatable bonds is 7. The van der Waals surface area contributed by atoms with E-state index in [0.717, 1.165) is 45.8 Å². The highest BCUT2D eigenvalue weighted by Crippen LogP contribution is 2.38. The van der Waals surface area contributed by atoms with E-state index >= 15 is 4.79 Å². The summed E-state index contributed by atoms with van der Waals surface area (Å²) in [7, 11) is 3.74. The number of anilines is 2. The van der Waals surface area contributed by atoms with Crippen LogP contribution in [-0.4, -0.2) is 49.2 Å². The van der Waals surface area contributed by atoms with Crippen molar-refractivity contribution >= 4 is 29.1 Å². The molecule has 59 heavy (non-hydrogen) atoms. The number of fused-ring (bicyclic) bond motifs is 2. The Kier molecular flexibility index (Phi) is 10.3. The van der Waals surface area contributed by atoms with Crippen LogP contribution in [0.15, 0.2) is 103 Å². The largest absolute Gasteiger partial charge is 0.347 e. The molecule has 10 heteroatoms. The van der Waals surface area contributed by atoms with Gasteiger partial charge in [0.2, 0.25) is 5.91 Å². The number of carbonyl (C=O) groups is 3. The van der Waals surface area contributed by atoms with Gasteiger partial charge >= 0.3 is 0 Å². The smallest absolute Gasteiger partial charge is 0.264 e. The van der Waals surface area contributed by atoms with E-state index in [4.69, 9.17) is 0 Å². The normalized spacial score (nSPS) is 14.5. The van der Waals surface area contributed by atoms with Gasteiger partial charge in [0, 0.05) is 73.7 Å². The van der Waals surface area contributed by atoms with Crippen molar-refractivity contribution in [3.63, 3.8) is 0 Å². The monoisotopic (exact) mass is 779 g/mol. The summed E-state index contributed by atoms with van der Waals surface area (Å²) in [6.45, 7) is 7.19. The SMILES string of the molecule is Cc1c(N(C(=O)c2cc(-c3cc4c(cc3C(=O)N3Cc5ccccc5CC3C)CN(C(=O)Cc3ccccc3C#N)CC4)n(C)c2C)c2ccccc2)cc(C#N)n1C. The molecule has 8 rings (SSSR count). The fourth-order valence-corrected chi connectivity index (χ4v) is 8.63. The molecule has 1 atom stereocenters. The molecular weight excluding hydrogens is 735 g/mol. The zero-order valence-electron chi connectivity index (χ0n) is 34.0. The van der Waals surface area contributed by atoms with E-state index in [9.17, 15) is 20.1 Å². The Hall–Kier alpha value is -7.17. The number of benzene rings is 4. The van der Waals surface area contributed by atoms with Crippen molar-refractivity contribution in [1.29, 1.82) is 10.5 Å². The summed E-state index contributed by atoms with van der Waals surface area (Å²) in [5.74, 6) is -0.443. The molecule has 2 aliphatic heterocycles. The lowest BCUT2D eigenvalue weighted by Gasteiger charge is -2.36. The molecule has 2 aliphatic rings. The summed E-state index contributed by atoms with van der Waals surface area (Å²) in [6, 6.07) is 36.9. The summed E-state index contributed by atoms with van der Waals surface area (Å²) < 4.78 is 3.76. The van der Waals surface area contributed by atoms with E-state index in [0.29, 0.717) is 65.4 Å². The van der Waals surface area contributed by atoms with Gasteiger partial charge in [-0.1, -0.05) is 60.7 Å². The molecule has 4 aromatic carbocycles. The summed E-state index contributed by atoms with van der Waals surface area (Å²) in [5, 5.41) is 19.5. The number of amides is 3. The Morgan fingerprint density at radius 2 is 1.46 bits per heavy atom. The maximum atomic E-state index is 15.0. The molecular formula is C49H45N7O3. The standard InChI is InChI=1S/C49H45N7O3/c1-31-21-34-13-10-12-16-38(34)30-55(31)48(58)44-23-39-29-54(47(57)24-35-14-9-11-15-37(35)27-50)20-19-36(39)22-43(44)46-26-42(32(2)53(46)5)49(59)56(40-17-7-6-8-18-40)45-25-41(28-51)52(4)33(45)3/h6-18,22-23,25-26,31H,19-21,24,29-30H2,1-5H3. The van der Waals surface area contributed by atoms with Crippen LogP contribution >= 0.6 is 0 Å². The fourth-order valence-electron chi connectivity index (χ4n) is 8.63. The topological polar surface area (TPSA) is 118 Å². The fraction of sp³-hybridized carbons (Fsp3) is 0.245. The first-order chi connectivity index (χ1) is 28.5. The lowest BCUT2D eigenvalue weighted by atomic mass is 9.89. The van der Waals surface area contributed by atoms with Crippen molar-refractivity contribution in [1.82, 2.24) is 18.9 Å². The first-order valence-corrected chi connectivity index (χ1v) is 19.9. The van der Waals surface area contributed by atoms with Gasteiger partial charge in [-0.05, 0) is 104 Å². The molecule has 4 heterocycles. The van der Waals surface area contributed by atoms with Crippen LogP contribution in [0.1, 0.15) is 78.1 Å². The molecule has 0 bridgehead atoms. The van der Waals surface area contributed by atoms with Crippen LogP contribution in [0.4, 0.5) is 11.4 Å². The predicted molar refractivity (Wildman–Crippen MR) is 227 cm³/mol. The second kappa shape index (κ2) is 15.6. The molecule has 6 aromatic rings. The number of hydrogen-bond donors (Lipinski definition) is 0. The van der Waals surface area contributed by atoms with Crippen LogP contribution in [-0.2, 0) is 51.2 Å². The van der Waals surface area contributed by atoms with Gasteiger partial charge in [0.1, 0.15) is 11.8 Å². The molecule has 2 aromatic heterocycles. The van der Waals surface area contributed by atoms with Crippen LogP contribution < -0.4 is 4.90 Å². The number of aromatic nitrogens is 2. The van der Waals surface area contributed by atoms with Gasteiger partial charge in [0.15, 0.2) is 0 Å². The number of hydrogen-bond acceptors (Lipinski definition) is 5. The first kappa shape index (κ1) is 38.7. The highest BCUT2D eigenvalue weighted by Gasteiger charge is 2.33. The van der Waals surface area contributed by atoms with Crippen LogP contribution in [0, 0.1) is 36.5 Å². The molecule has 0 fully saturated rings. The average molecular weight is 780 g/mol. The Labute approximate surface area is 344 Å². The summed E-state index contributed by atoms with van der Waals surface area (Å²) in [6.07, 6.45) is 1.44. The lowest BCUT2D eigenvalue weighted by Crippen LogP contribution is -2.43. The van der Waals surface area contributed by atoms with Crippen molar-refractivity contribution in [2.24, 2.45) is 14.1 Å². The molecule has 0 N–H and O–H groups in total. The van der Waals surface area contributed by atoms with E-state index < -0.39 is 0 Å². The molecule has 0 spiro atoms. The molecule has 0 radical (unpaired) electrons. The predicted octanol–water partition coefficient (Wildman–Crippen LogP) is 8.08. The molecule has 10 nitrogen and oxygen atoms in total. The van der Waals surface area contributed by atoms with E-state index in [-0.39, 0.29) is 30.2 Å². The van der Waals surface area contributed by atoms with Crippen LogP contribution in [0.25, 0.3) is 11.3 Å². The van der Waals surface area contributed by atoms with E-state index in [2.05, 4.69) is 37.3 Å². The van der Waals surface area contributed by atoms with Gasteiger partial charge in [-0.3, -0.25) is 19.3 Å². The molecule has 0 saturated heterocycles.